The van der Waals surface area contributed by atoms with Crippen molar-refractivity contribution >= 4 is 17.9 Å². The molecule has 6 nitrogen and oxygen atoms in total. The summed E-state index contributed by atoms with van der Waals surface area (Å²) in [4.78, 5) is 31.3. The summed E-state index contributed by atoms with van der Waals surface area (Å²) in [5.74, 6) is -5.13. The maximum absolute atomic E-state index is 10.5. The normalized spacial score (nSPS) is 8.00. The van der Waals surface area contributed by atoms with Crippen LogP contribution in [0.5, 0.6) is 0 Å². The summed E-state index contributed by atoms with van der Waals surface area (Å²) in [6.07, 6.45) is 0. The molecule has 0 saturated heterocycles. The van der Waals surface area contributed by atoms with Gasteiger partial charge in [0.2, 0.25) is 0 Å². The van der Waals surface area contributed by atoms with Crippen molar-refractivity contribution in [3.8, 4) is 0 Å². The van der Waals surface area contributed by atoms with Crippen molar-refractivity contribution in [2.45, 2.75) is 0 Å². The first-order valence-electron chi connectivity index (χ1n) is 3.71. The maximum Gasteiger partial charge on any atom is 1.00 e. The summed E-state index contributed by atoms with van der Waals surface area (Å²) in [6, 6.07) is 2.37. The fourth-order valence-electron chi connectivity index (χ4n) is 1.02. The van der Waals surface area contributed by atoms with Gasteiger partial charge < -0.3 is 29.7 Å². The van der Waals surface area contributed by atoms with Crippen LogP contribution in [0.25, 0.3) is 0 Å². The van der Waals surface area contributed by atoms with Crippen LogP contribution in [0.2, 0.25) is 0 Å². The quantitative estimate of drug-likeness (QED) is 0.509. The molecule has 0 fully saturated rings. The number of aromatic carboxylic acids is 3. The van der Waals surface area contributed by atoms with Gasteiger partial charge in [-0.15, -0.1) is 0 Å². The van der Waals surface area contributed by atoms with Gasteiger partial charge in [0, 0.05) is 11.1 Å². The van der Waals surface area contributed by atoms with E-state index < -0.39 is 34.6 Å². The van der Waals surface area contributed by atoms with Crippen LogP contribution in [-0.2, 0) is 0 Å². The van der Waals surface area contributed by atoms with Gasteiger partial charge in [-0.05, 0) is 11.6 Å². The molecule has 1 rings (SSSR count). The zero-order valence-electron chi connectivity index (χ0n) is 10.2. The molecule has 0 heterocycles. The van der Waals surface area contributed by atoms with Crippen LogP contribution in [-0.4, -0.2) is 17.9 Å². The van der Waals surface area contributed by atoms with E-state index in [1.165, 1.54) is 0 Å². The number of benzene rings is 1. The summed E-state index contributed by atoms with van der Waals surface area (Å²) in [6.45, 7) is 0. The average Bonchev–Trinajstić information content (AvgIpc) is 2.16. The van der Waals surface area contributed by atoms with E-state index in [9.17, 15) is 29.7 Å². The molecule has 0 bridgehead atoms. The minimum Gasteiger partial charge on any atom is -0.545 e. The Morgan fingerprint density at radius 2 is 1.17 bits per heavy atom. The molecule has 78 valence electrons. The summed E-state index contributed by atoms with van der Waals surface area (Å²) in [5, 5.41) is 31.3. The van der Waals surface area contributed by atoms with Crippen LogP contribution < -0.4 is 169 Å². The van der Waals surface area contributed by atoms with E-state index in [0.29, 0.717) is 6.07 Å². The average molecular weight is 324 g/mol. The molecule has 1 aromatic carbocycles. The Morgan fingerprint density at radius 1 is 0.722 bits per heavy atom. The van der Waals surface area contributed by atoms with Crippen LogP contribution in [0.15, 0.2) is 18.2 Å². The van der Waals surface area contributed by atoms with Crippen molar-refractivity contribution in [2.75, 3.05) is 0 Å². The van der Waals surface area contributed by atoms with E-state index in [-0.39, 0.29) is 154 Å². The summed E-state index contributed by atoms with van der Waals surface area (Å²) >= 11 is 0. The molecule has 0 atom stereocenters. The Bertz CT molecular complexity index is 460. The second-order valence-corrected chi connectivity index (χ2v) is 2.62. The maximum atomic E-state index is 10.5. The minimum atomic E-state index is -1.79. The third-order valence-electron chi connectivity index (χ3n) is 1.70. The summed E-state index contributed by atoms with van der Waals surface area (Å²) < 4.78 is 0. The van der Waals surface area contributed by atoms with Gasteiger partial charge in [-0.1, -0.05) is 12.1 Å². The standard InChI is InChI=1S/C9H6O6.3K/c10-7(11)4-1-2-5(8(12)13)6(3-4)9(14)15;;;/h1-3H,(H,10,11)(H,12,13)(H,14,15);;;/q;3*+1/p-3. The van der Waals surface area contributed by atoms with Gasteiger partial charge in [-0.3, -0.25) is 0 Å². The molecule has 0 aliphatic rings. The smallest absolute Gasteiger partial charge is 0.545 e. The molecular formula is C9H3K3O6. The molecule has 0 aromatic heterocycles. The largest absolute Gasteiger partial charge is 1.00 e. The molecule has 0 spiro atoms. The predicted octanol–water partition coefficient (Wildman–Crippen LogP) is -12.2. The second-order valence-electron chi connectivity index (χ2n) is 2.62. The first-order valence-corrected chi connectivity index (χ1v) is 3.71. The van der Waals surface area contributed by atoms with Crippen LogP contribution >= 0.6 is 0 Å². The Labute approximate surface area is 230 Å². The van der Waals surface area contributed by atoms with Crippen LogP contribution in [0.3, 0.4) is 0 Å². The van der Waals surface area contributed by atoms with Crippen molar-refractivity contribution in [2.24, 2.45) is 0 Å². The van der Waals surface area contributed by atoms with Crippen molar-refractivity contribution in [1.82, 2.24) is 0 Å². The fraction of sp³-hybridized carbons (Fsp3) is 0. The van der Waals surface area contributed by atoms with Crippen molar-refractivity contribution in [1.29, 1.82) is 0 Å². The van der Waals surface area contributed by atoms with Gasteiger partial charge in [0.1, 0.15) is 0 Å². The predicted molar refractivity (Wildman–Crippen MR) is 39.4 cm³/mol. The van der Waals surface area contributed by atoms with Gasteiger partial charge in [0.25, 0.3) is 0 Å². The van der Waals surface area contributed by atoms with E-state index >= 15 is 0 Å². The molecule has 1 aromatic rings. The molecule has 0 N–H and O–H groups in total. The topological polar surface area (TPSA) is 120 Å². The van der Waals surface area contributed by atoms with Gasteiger partial charge in [-0.25, -0.2) is 0 Å². The van der Waals surface area contributed by atoms with Crippen LogP contribution in [0, 0.1) is 0 Å². The third-order valence-corrected chi connectivity index (χ3v) is 1.70. The third kappa shape index (κ3) is 7.52. The van der Waals surface area contributed by atoms with Crippen molar-refractivity contribution in [3.63, 3.8) is 0 Å². The minimum absolute atomic E-state index is 0. The summed E-state index contributed by atoms with van der Waals surface area (Å²) in [5.41, 5.74) is -1.84. The molecule has 18 heavy (non-hydrogen) atoms. The molecule has 0 aliphatic carbocycles. The van der Waals surface area contributed by atoms with Gasteiger partial charge in [-0.2, -0.15) is 0 Å². The van der Waals surface area contributed by atoms with Crippen LogP contribution in [0.4, 0.5) is 0 Å². The Kier molecular flexibility index (Phi) is 17.2. The molecule has 0 amide bonds. The molecule has 0 unspecified atom stereocenters. The Hall–Kier alpha value is 2.54. The van der Waals surface area contributed by atoms with E-state index in [1.807, 2.05) is 0 Å². The molecule has 0 radical (unpaired) electrons. The monoisotopic (exact) mass is 324 g/mol. The van der Waals surface area contributed by atoms with E-state index in [1.54, 1.807) is 0 Å². The van der Waals surface area contributed by atoms with E-state index in [2.05, 4.69) is 0 Å². The zero-order valence-corrected chi connectivity index (χ0v) is 19.6. The van der Waals surface area contributed by atoms with E-state index in [4.69, 9.17) is 0 Å². The van der Waals surface area contributed by atoms with Gasteiger partial charge in [0.15, 0.2) is 0 Å². The Morgan fingerprint density at radius 3 is 1.50 bits per heavy atom. The number of hydrogen-bond acceptors (Lipinski definition) is 6. The molecule has 9 heteroatoms. The number of hydrogen-bond donors (Lipinski definition) is 0. The summed E-state index contributed by atoms with van der Waals surface area (Å²) in [7, 11) is 0. The van der Waals surface area contributed by atoms with Crippen molar-refractivity contribution < 1.29 is 184 Å². The van der Waals surface area contributed by atoms with Crippen LogP contribution in [0.1, 0.15) is 31.1 Å². The number of carboxylic acid groups (broad SMARTS) is 3. The molecule has 0 saturated carbocycles. The number of carbonyl (C=O) groups is 3. The number of rotatable bonds is 3. The second kappa shape index (κ2) is 12.1. The fourth-order valence-corrected chi connectivity index (χ4v) is 1.02. The molecule has 0 aliphatic heterocycles. The molecular weight excluding hydrogens is 321 g/mol. The first-order chi connectivity index (χ1) is 6.93. The Balaban J connectivity index is -0.000000750. The first kappa shape index (κ1) is 25.5. The van der Waals surface area contributed by atoms with Gasteiger partial charge >= 0.3 is 154 Å². The SMILES string of the molecule is O=C([O-])c1ccc(C(=O)[O-])c(C(=O)[O-])c1.[K+].[K+].[K+]. The van der Waals surface area contributed by atoms with Crippen molar-refractivity contribution in [3.05, 3.63) is 34.9 Å². The number of carboxylic acids is 3. The van der Waals surface area contributed by atoms with E-state index in [0.717, 1.165) is 12.1 Å². The zero-order chi connectivity index (χ0) is 11.6. The van der Waals surface area contributed by atoms with Gasteiger partial charge in [0.05, 0.1) is 17.9 Å². The number of carbonyl (C=O) groups excluding carboxylic acids is 3.